The van der Waals surface area contributed by atoms with Crippen molar-refractivity contribution >= 4 is 27.7 Å². The van der Waals surface area contributed by atoms with Crippen LogP contribution in [-0.2, 0) is 16.0 Å². The number of halogens is 1. The first kappa shape index (κ1) is 13.9. The molecular weight excluding hydrogens is 316 g/mol. The molecule has 0 amide bonds. The van der Waals surface area contributed by atoms with Crippen molar-refractivity contribution in [2.24, 2.45) is 0 Å². The monoisotopic (exact) mass is 328 g/mol. The molecule has 0 saturated heterocycles. The average Bonchev–Trinajstić information content (AvgIpc) is 2.86. The van der Waals surface area contributed by atoms with Gasteiger partial charge >= 0.3 is 5.97 Å². The first-order valence-corrected chi connectivity index (χ1v) is 6.71. The van der Waals surface area contributed by atoms with Gasteiger partial charge in [-0.3, -0.25) is 4.79 Å². The normalized spacial score (nSPS) is 12.4. The molecule has 0 aromatic heterocycles. The highest BCUT2D eigenvalue weighted by Gasteiger charge is 2.28. The lowest BCUT2D eigenvalue weighted by Crippen LogP contribution is -2.19. The van der Waals surface area contributed by atoms with Crippen molar-refractivity contribution in [2.45, 2.75) is 20.3 Å². The third kappa shape index (κ3) is 2.45. The average molecular weight is 329 g/mol. The molecule has 6 heteroatoms. The number of Topliss-reactive ketones (excluding diaryl/α,β-unsaturated/α-hetero) is 1. The molecule has 0 aliphatic carbocycles. The van der Waals surface area contributed by atoms with Crippen LogP contribution in [0.3, 0.4) is 0 Å². The fraction of sp³-hybridized carbons (Fsp3) is 0.385. The molecule has 1 aromatic carbocycles. The standard InChI is InChI=1S/C13H13BrO5/c1-3-7-8(11(15)13(16)17-4-2)5-9-12(10(7)14)19-6-18-9/h5H,3-4,6H2,1-2H3. The Kier molecular flexibility index (Phi) is 4.09. The Morgan fingerprint density at radius 2 is 2.11 bits per heavy atom. The predicted octanol–water partition coefficient (Wildman–Crippen LogP) is 2.49. The van der Waals surface area contributed by atoms with E-state index in [4.69, 9.17) is 14.2 Å². The van der Waals surface area contributed by atoms with Crippen molar-refractivity contribution in [3.05, 3.63) is 21.7 Å². The lowest BCUT2D eigenvalue weighted by Gasteiger charge is -2.11. The molecule has 0 spiro atoms. The van der Waals surface area contributed by atoms with Crippen LogP contribution in [-0.4, -0.2) is 25.2 Å². The molecule has 5 nitrogen and oxygen atoms in total. The lowest BCUT2D eigenvalue weighted by atomic mass is 10.0. The van der Waals surface area contributed by atoms with Crippen LogP contribution in [0.15, 0.2) is 10.5 Å². The van der Waals surface area contributed by atoms with Crippen LogP contribution >= 0.6 is 15.9 Å². The summed E-state index contributed by atoms with van der Waals surface area (Å²) < 4.78 is 16.0. The van der Waals surface area contributed by atoms with Crippen molar-refractivity contribution in [3.8, 4) is 11.5 Å². The summed E-state index contributed by atoms with van der Waals surface area (Å²) in [6, 6.07) is 1.53. The van der Waals surface area contributed by atoms with Crippen LogP contribution in [0.25, 0.3) is 0 Å². The van der Waals surface area contributed by atoms with Crippen LogP contribution in [0.4, 0.5) is 0 Å². The highest BCUT2D eigenvalue weighted by Crippen LogP contribution is 2.43. The number of rotatable bonds is 4. The molecule has 19 heavy (non-hydrogen) atoms. The van der Waals surface area contributed by atoms with Crippen LogP contribution < -0.4 is 9.47 Å². The number of hydrogen-bond donors (Lipinski definition) is 0. The summed E-state index contributed by atoms with van der Waals surface area (Å²) in [7, 11) is 0. The van der Waals surface area contributed by atoms with Crippen molar-refractivity contribution in [3.63, 3.8) is 0 Å². The Balaban J connectivity index is 2.48. The number of hydrogen-bond acceptors (Lipinski definition) is 5. The third-order valence-electron chi connectivity index (χ3n) is 2.77. The van der Waals surface area contributed by atoms with Gasteiger partial charge < -0.3 is 14.2 Å². The summed E-state index contributed by atoms with van der Waals surface area (Å²) in [6.45, 7) is 3.82. The van der Waals surface area contributed by atoms with Crippen LogP contribution in [0.5, 0.6) is 11.5 Å². The molecule has 2 rings (SSSR count). The van der Waals surface area contributed by atoms with Crippen LogP contribution in [0.2, 0.25) is 0 Å². The molecule has 0 fully saturated rings. The molecule has 1 heterocycles. The van der Waals surface area contributed by atoms with E-state index in [-0.39, 0.29) is 19.0 Å². The van der Waals surface area contributed by atoms with Gasteiger partial charge in [0.1, 0.15) is 0 Å². The van der Waals surface area contributed by atoms with E-state index in [1.807, 2.05) is 6.92 Å². The molecule has 0 N–H and O–H groups in total. The SMILES string of the molecule is CCOC(=O)C(=O)c1cc2c(c(Br)c1CC)OCO2. The van der Waals surface area contributed by atoms with Crippen molar-refractivity contribution in [1.29, 1.82) is 0 Å². The Morgan fingerprint density at radius 3 is 2.74 bits per heavy atom. The lowest BCUT2D eigenvalue weighted by molar-refractivity contribution is -0.137. The second kappa shape index (κ2) is 5.61. The van der Waals surface area contributed by atoms with Gasteiger partial charge in [0, 0.05) is 5.56 Å². The van der Waals surface area contributed by atoms with E-state index < -0.39 is 11.8 Å². The molecular formula is C13H13BrO5. The second-order valence-corrected chi connectivity index (χ2v) is 4.65. The maximum absolute atomic E-state index is 12.1. The zero-order valence-corrected chi connectivity index (χ0v) is 12.2. The van der Waals surface area contributed by atoms with Gasteiger partial charge in [0.2, 0.25) is 6.79 Å². The quantitative estimate of drug-likeness (QED) is 0.482. The van der Waals surface area contributed by atoms with Gasteiger partial charge in [0.15, 0.2) is 11.5 Å². The summed E-state index contributed by atoms with van der Waals surface area (Å²) in [5.74, 6) is -0.505. The maximum atomic E-state index is 12.1. The smallest absolute Gasteiger partial charge is 0.379 e. The highest BCUT2D eigenvalue weighted by atomic mass is 79.9. The molecule has 1 aliphatic heterocycles. The summed E-state index contributed by atoms with van der Waals surface area (Å²) in [4.78, 5) is 23.6. The molecule has 0 bridgehead atoms. The van der Waals surface area contributed by atoms with Crippen LogP contribution in [0.1, 0.15) is 29.8 Å². The topological polar surface area (TPSA) is 61.8 Å². The number of esters is 1. The van der Waals surface area contributed by atoms with Crippen molar-refractivity contribution in [2.75, 3.05) is 13.4 Å². The van der Waals surface area contributed by atoms with Crippen molar-refractivity contribution < 1.29 is 23.8 Å². The maximum Gasteiger partial charge on any atom is 0.379 e. The van der Waals surface area contributed by atoms with Gasteiger partial charge in [0.05, 0.1) is 11.1 Å². The van der Waals surface area contributed by atoms with Gasteiger partial charge in [-0.25, -0.2) is 4.79 Å². The number of fused-ring (bicyclic) bond motifs is 1. The zero-order valence-electron chi connectivity index (χ0n) is 10.6. The minimum atomic E-state index is -0.858. The molecule has 0 atom stereocenters. The van der Waals surface area contributed by atoms with E-state index in [9.17, 15) is 9.59 Å². The number of carbonyl (C=O) groups is 2. The second-order valence-electron chi connectivity index (χ2n) is 3.85. The fourth-order valence-corrected chi connectivity index (χ4v) is 2.70. The minimum Gasteiger partial charge on any atom is -0.460 e. The summed E-state index contributed by atoms with van der Waals surface area (Å²) >= 11 is 3.39. The molecule has 1 aromatic rings. The van der Waals surface area contributed by atoms with E-state index in [2.05, 4.69) is 15.9 Å². The zero-order chi connectivity index (χ0) is 14.0. The van der Waals surface area contributed by atoms with Crippen LogP contribution in [0, 0.1) is 0 Å². The number of benzene rings is 1. The first-order chi connectivity index (χ1) is 9.10. The Labute approximate surface area is 119 Å². The summed E-state index contributed by atoms with van der Waals surface area (Å²) in [6.07, 6.45) is 0.581. The largest absolute Gasteiger partial charge is 0.460 e. The summed E-state index contributed by atoms with van der Waals surface area (Å²) in [5, 5.41) is 0. The van der Waals surface area contributed by atoms with Gasteiger partial charge in [-0.15, -0.1) is 0 Å². The number of ketones is 1. The molecule has 0 unspecified atom stereocenters. The molecule has 0 radical (unpaired) electrons. The Bertz CT molecular complexity index is 538. The van der Waals surface area contributed by atoms with E-state index in [0.29, 0.717) is 28.0 Å². The van der Waals surface area contributed by atoms with E-state index in [1.54, 1.807) is 6.92 Å². The van der Waals surface area contributed by atoms with Crippen molar-refractivity contribution in [1.82, 2.24) is 0 Å². The Morgan fingerprint density at radius 1 is 1.37 bits per heavy atom. The van der Waals surface area contributed by atoms with Gasteiger partial charge in [-0.05, 0) is 40.9 Å². The van der Waals surface area contributed by atoms with Gasteiger partial charge in [-0.1, -0.05) is 6.92 Å². The van der Waals surface area contributed by atoms with Gasteiger partial charge in [-0.2, -0.15) is 0 Å². The molecule has 102 valence electrons. The number of ether oxygens (including phenoxy) is 3. The highest BCUT2D eigenvalue weighted by molar-refractivity contribution is 9.10. The molecule has 1 aliphatic rings. The van der Waals surface area contributed by atoms with E-state index >= 15 is 0 Å². The Hall–Kier alpha value is -1.56. The molecule has 0 saturated carbocycles. The predicted molar refractivity (Wildman–Crippen MR) is 70.6 cm³/mol. The first-order valence-electron chi connectivity index (χ1n) is 5.92. The van der Waals surface area contributed by atoms with E-state index in [1.165, 1.54) is 6.07 Å². The fourth-order valence-electron chi connectivity index (χ4n) is 1.90. The third-order valence-corrected chi connectivity index (χ3v) is 3.60. The minimum absolute atomic E-state index is 0.105. The van der Waals surface area contributed by atoms with E-state index in [0.717, 1.165) is 0 Å². The van der Waals surface area contributed by atoms with Gasteiger partial charge in [0.25, 0.3) is 5.78 Å². The number of carbonyl (C=O) groups excluding carboxylic acids is 2. The summed E-state index contributed by atoms with van der Waals surface area (Å²) in [5.41, 5.74) is 0.999.